The van der Waals surface area contributed by atoms with Crippen LogP contribution in [0.3, 0.4) is 0 Å². The predicted molar refractivity (Wildman–Crippen MR) is 94.8 cm³/mol. The third-order valence-electron chi connectivity index (χ3n) is 4.34. The number of carbonyl (C=O) groups excluding carboxylic acids is 1. The van der Waals surface area contributed by atoms with Crippen LogP contribution < -0.4 is 14.8 Å². The van der Waals surface area contributed by atoms with Crippen LogP contribution in [0, 0.1) is 0 Å². The second kappa shape index (κ2) is 8.78. The van der Waals surface area contributed by atoms with Crippen molar-refractivity contribution in [3.8, 4) is 11.5 Å². The third kappa shape index (κ3) is 4.77. The Morgan fingerprint density at radius 1 is 1.33 bits per heavy atom. The molecule has 1 aliphatic heterocycles. The van der Waals surface area contributed by atoms with Gasteiger partial charge in [0, 0.05) is 12.6 Å². The van der Waals surface area contributed by atoms with Gasteiger partial charge in [-0.05, 0) is 32.6 Å². The highest BCUT2D eigenvalue weighted by Crippen LogP contribution is 2.28. The largest absolute Gasteiger partial charge is 0.493 e. The molecular formula is C18H29N3O3. The average Bonchev–Trinajstić information content (AvgIpc) is 2.54. The molecule has 6 heteroatoms. The Morgan fingerprint density at radius 3 is 2.58 bits per heavy atom. The molecule has 6 nitrogen and oxygen atoms in total. The zero-order valence-electron chi connectivity index (χ0n) is 15.1. The van der Waals surface area contributed by atoms with E-state index in [1.54, 1.807) is 12.0 Å². The van der Waals surface area contributed by atoms with Gasteiger partial charge in [0.15, 0.2) is 11.5 Å². The number of carbonyl (C=O) groups is 1. The molecule has 0 unspecified atom stereocenters. The van der Waals surface area contributed by atoms with Crippen molar-refractivity contribution in [1.82, 2.24) is 15.1 Å². The summed E-state index contributed by atoms with van der Waals surface area (Å²) < 4.78 is 11.2. The molecular weight excluding hydrogens is 306 g/mol. The van der Waals surface area contributed by atoms with Crippen LogP contribution >= 0.6 is 0 Å². The number of para-hydroxylation sites is 2. The fourth-order valence-electron chi connectivity index (χ4n) is 2.77. The molecule has 2 rings (SSSR count). The summed E-state index contributed by atoms with van der Waals surface area (Å²) in [5, 5.41) is 3.02. The van der Waals surface area contributed by atoms with Gasteiger partial charge in [-0.1, -0.05) is 25.5 Å². The van der Waals surface area contributed by atoms with E-state index in [1.807, 2.05) is 38.4 Å². The van der Waals surface area contributed by atoms with E-state index in [1.165, 1.54) is 0 Å². The van der Waals surface area contributed by atoms with Crippen LogP contribution in [0.1, 0.15) is 19.8 Å². The number of likely N-dealkylation sites (N-methyl/N-ethyl adjacent to an activating group) is 1. The maximum absolute atomic E-state index is 12.2. The molecule has 1 fully saturated rings. The summed E-state index contributed by atoms with van der Waals surface area (Å²) in [5.41, 5.74) is 0. The average molecular weight is 335 g/mol. The molecule has 1 aromatic carbocycles. The van der Waals surface area contributed by atoms with Crippen molar-refractivity contribution in [1.29, 1.82) is 0 Å². The molecule has 1 heterocycles. The van der Waals surface area contributed by atoms with Crippen molar-refractivity contribution in [2.45, 2.75) is 31.9 Å². The fraction of sp³-hybridized carbons (Fsp3) is 0.611. The highest BCUT2D eigenvalue weighted by Gasteiger charge is 2.33. The molecule has 1 aromatic rings. The standard InChI is InChI=1S/C18H29N3O3/c1-5-8-14(20(2)3)11-19-18(22)21-12-15(13-21)24-17-10-7-6-9-16(17)23-4/h6-7,9-10,14-15H,5,8,11-13H2,1-4H3,(H,19,22)/t14-/m1/s1. The van der Waals surface area contributed by atoms with E-state index in [0.717, 1.165) is 18.6 Å². The number of methoxy groups -OCH3 is 1. The Labute approximate surface area is 144 Å². The molecule has 0 radical (unpaired) electrons. The minimum atomic E-state index is -0.0159. The summed E-state index contributed by atoms with van der Waals surface area (Å²) in [6.45, 7) is 4.04. The van der Waals surface area contributed by atoms with Crippen LogP contribution in [-0.4, -0.2) is 68.8 Å². The first kappa shape index (κ1) is 18.4. The molecule has 1 atom stereocenters. The van der Waals surface area contributed by atoms with E-state index < -0.39 is 0 Å². The summed E-state index contributed by atoms with van der Waals surface area (Å²) in [6, 6.07) is 7.93. The lowest BCUT2D eigenvalue weighted by Crippen LogP contribution is -2.59. The maximum atomic E-state index is 12.2. The van der Waals surface area contributed by atoms with Crippen LogP contribution in [-0.2, 0) is 0 Å². The normalized spacial score (nSPS) is 15.8. The SMILES string of the molecule is CCC[C@H](CNC(=O)N1CC(Oc2ccccc2OC)C1)N(C)C. The maximum Gasteiger partial charge on any atom is 0.317 e. The highest BCUT2D eigenvalue weighted by molar-refractivity contribution is 5.75. The number of nitrogens with one attached hydrogen (secondary N) is 1. The number of rotatable bonds is 8. The van der Waals surface area contributed by atoms with Crippen LogP contribution in [0.4, 0.5) is 4.79 Å². The topological polar surface area (TPSA) is 54.0 Å². The van der Waals surface area contributed by atoms with Gasteiger partial charge >= 0.3 is 6.03 Å². The van der Waals surface area contributed by atoms with Crippen molar-refractivity contribution >= 4 is 6.03 Å². The van der Waals surface area contributed by atoms with Gasteiger partial charge in [0.1, 0.15) is 6.10 Å². The molecule has 0 aliphatic carbocycles. The summed E-state index contributed by atoms with van der Waals surface area (Å²) in [6.07, 6.45) is 2.21. The van der Waals surface area contributed by atoms with Gasteiger partial charge in [-0.2, -0.15) is 0 Å². The van der Waals surface area contributed by atoms with E-state index in [0.29, 0.717) is 31.4 Å². The summed E-state index contributed by atoms with van der Waals surface area (Å²) in [5.74, 6) is 1.44. The molecule has 0 aromatic heterocycles. The number of hydrogen-bond acceptors (Lipinski definition) is 4. The number of amides is 2. The van der Waals surface area contributed by atoms with Gasteiger partial charge in [-0.3, -0.25) is 0 Å². The smallest absolute Gasteiger partial charge is 0.317 e. The lowest BCUT2D eigenvalue weighted by atomic mass is 10.1. The number of urea groups is 1. The Kier molecular flexibility index (Phi) is 6.73. The van der Waals surface area contributed by atoms with Crippen LogP contribution in [0.15, 0.2) is 24.3 Å². The Morgan fingerprint density at radius 2 is 2.00 bits per heavy atom. The van der Waals surface area contributed by atoms with E-state index in [9.17, 15) is 4.79 Å². The summed E-state index contributed by atoms with van der Waals surface area (Å²) in [4.78, 5) is 16.1. The first-order chi connectivity index (χ1) is 11.5. The zero-order valence-corrected chi connectivity index (χ0v) is 15.1. The van der Waals surface area contributed by atoms with Crippen molar-refractivity contribution in [3.05, 3.63) is 24.3 Å². The van der Waals surface area contributed by atoms with Crippen LogP contribution in [0.25, 0.3) is 0 Å². The summed E-state index contributed by atoms with van der Waals surface area (Å²) in [7, 11) is 5.72. The Bertz CT molecular complexity index is 530. The highest BCUT2D eigenvalue weighted by atomic mass is 16.5. The minimum Gasteiger partial charge on any atom is -0.493 e. The van der Waals surface area contributed by atoms with Gasteiger partial charge in [-0.25, -0.2) is 4.79 Å². The van der Waals surface area contributed by atoms with Gasteiger partial charge < -0.3 is 24.6 Å². The van der Waals surface area contributed by atoms with Gasteiger partial charge in [0.25, 0.3) is 0 Å². The number of benzene rings is 1. The van der Waals surface area contributed by atoms with Crippen molar-refractivity contribution in [2.75, 3.05) is 40.8 Å². The number of nitrogens with zero attached hydrogens (tertiary/aromatic N) is 2. The van der Waals surface area contributed by atoms with Gasteiger partial charge in [0.2, 0.25) is 0 Å². The molecule has 0 saturated carbocycles. The van der Waals surface area contributed by atoms with Crippen LogP contribution in [0.5, 0.6) is 11.5 Å². The first-order valence-electron chi connectivity index (χ1n) is 8.54. The van der Waals surface area contributed by atoms with E-state index in [2.05, 4.69) is 17.1 Å². The molecule has 1 saturated heterocycles. The quantitative estimate of drug-likeness (QED) is 0.791. The summed E-state index contributed by atoms with van der Waals surface area (Å²) >= 11 is 0. The molecule has 0 spiro atoms. The van der Waals surface area contributed by atoms with E-state index >= 15 is 0 Å². The second-order valence-electron chi connectivity index (χ2n) is 6.39. The van der Waals surface area contributed by atoms with Crippen molar-refractivity contribution in [2.24, 2.45) is 0 Å². The fourth-order valence-corrected chi connectivity index (χ4v) is 2.77. The molecule has 2 amide bonds. The predicted octanol–water partition coefficient (Wildman–Crippen LogP) is 2.20. The zero-order chi connectivity index (χ0) is 17.5. The van der Waals surface area contributed by atoms with E-state index in [4.69, 9.17) is 9.47 Å². The monoisotopic (exact) mass is 335 g/mol. The van der Waals surface area contributed by atoms with Gasteiger partial charge in [-0.15, -0.1) is 0 Å². The van der Waals surface area contributed by atoms with Crippen LogP contribution in [0.2, 0.25) is 0 Å². The minimum absolute atomic E-state index is 0.0159. The first-order valence-corrected chi connectivity index (χ1v) is 8.54. The lowest BCUT2D eigenvalue weighted by molar-refractivity contribution is 0.0421. The van der Waals surface area contributed by atoms with Crippen molar-refractivity contribution < 1.29 is 14.3 Å². The van der Waals surface area contributed by atoms with E-state index in [-0.39, 0.29) is 12.1 Å². The number of hydrogen-bond donors (Lipinski definition) is 1. The Hall–Kier alpha value is -1.95. The third-order valence-corrected chi connectivity index (χ3v) is 4.34. The second-order valence-corrected chi connectivity index (χ2v) is 6.39. The molecule has 1 N–H and O–H groups in total. The molecule has 1 aliphatic rings. The number of likely N-dealkylation sites (tertiary alicyclic amines) is 1. The number of ether oxygens (including phenoxy) is 2. The molecule has 24 heavy (non-hydrogen) atoms. The molecule has 134 valence electrons. The Balaban J connectivity index is 1.74. The van der Waals surface area contributed by atoms with Crippen molar-refractivity contribution in [3.63, 3.8) is 0 Å². The van der Waals surface area contributed by atoms with Gasteiger partial charge in [0.05, 0.1) is 20.2 Å². The lowest BCUT2D eigenvalue weighted by Gasteiger charge is -2.39. The molecule has 0 bridgehead atoms.